The van der Waals surface area contributed by atoms with Gasteiger partial charge < -0.3 is 14.8 Å². The summed E-state index contributed by atoms with van der Waals surface area (Å²) in [6, 6.07) is 10.4. The minimum absolute atomic E-state index is 0.338. The third kappa shape index (κ3) is 3.85. The molecule has 3 rings (SSSR count). The van der Waals surface area contributed by atoms with Crippen molar-refractivity contribution in [1.29, 1.82) is 0 Å². The third-order valence-electron chi connectivity index (χ3n) is 3.61. The van der Waals surface area contributed by atoms with E-state index < -0.39 is 0 Å². The van der Waals surface area contributed by atoms with Crippen molar-refractivity contribution in [2.45, 2.75) is 13.8 Å². The van der Waals surface area contributed by atoms with Crippen molar-refractivity contribution < 1.29 is 13.9 Å². The SMILES string of the molecule is CCOc1cc2nccc(Nc3ccc(Br)cc3F)c2cc1OCC. The van der Waals surface area contributed by atoms with Crippen LogP contribution in [0.25, 0.3) is 10.9 Å². The quantitative estimate of drug-likeness (QED) is 0.573. The molecule has 0 bridgehead atoms. The molecule has 2 aromatic carbocycles. The second kappa shape index (κ2) is 7.70. The number of ether oxygens (including phenoxy) is 2. The Balaban J connectivity index is 2.07. The number of nitrogens with one attached hydrogen (secondary N) is 1. The molecular weight excluding hydrogens is 387 g/mol. The Labute approximate surface area is 154 Å². The van der Waals surface area contributed by atoms with Gasteiger partial charge in [0.15, 0.2) is 11.5 Å². The van der Waals surface area contributed by atoms with Gasteiger partial charge in [0.05, 0.1) is 24.4 Å². The van der Waals surface area contributed by atoms with Gasteiger partial charge in [-0.05, 0) is 44.2 Å². The molecule has 1 N–H and O–H groups in total. The normalized spacial score (nSPS) is 10.7. The molecule has 1 aromatic heterocycles. The molecule has 3 aromatic rings. The van der Waals surface area contributed by atoms with E-state index in [4.69, 9.17) is 9.47 Å². The minimum Gasteiger partial charge on any atom is -0.490 e. The Bertz CT molecular complexity index is 902. The molecule has 4 nitrogen and oxygen atoms in total. The first-order valence-corrected chi connectivity index (χ1v) is 8.82. The van der Waals surface area contributed by atoms with Crippen LogP contribution in [0.4, 0.5) is 15.8 Å². The van der Waals surface area contributed by atoms with E-state index in [2.05, 4.69) is 26.2 Å². The molecule has 0 saturated heterocycles. The number of aromatic nitrogens is 1. The Kier molecular flexibility index (Phi) is 5.38. The van der Waals surface area contributed by atoms with Gasteiger partial charge in [-0.1, -0.05) is 15.9 Å². The first kappa shape index (κ1) is 17.5. The van der Waals surface area contributed by atoms with Gasteiger partial charge in [-0.3, -0.25) is 4.98 Å². The summed E-state index contributed by atoms with van der Waals surface area (Å²) in [7, 11) is 0. The zero-order valence-corrected chi connectivity index (χ0v) is 15.6. The van der Waals surface area contributed by atoms with Crippen LogP contribution in [-0.4, -0.2) is 18.2 Å². The molecule has 6 heteroatoms. The van der Waals surface area contributed by atoms with E-state index in [1.807, 2.05) is 26.0 Å². The van der Waals surface area contributed by atoms with Gasteiger partial charge in [-0.2, -0.15) is 0 Å². The maximum Gasteiger partial charge on any atom is 0.163 e. The van der Waals surface area contributed by atoms with Crippen LogP contribution in [0.15, 0.2) is 47.1 Å². The Morgan fingerprint density at radius 3 is 2.40 bits per heavy atom. The van der Waals surface area contributed by atoms with Gasteiger partial charge in [0.25, 0.3) is 0 Å². The summed E-state index contributed by atoms with van der Waals surface area (Å²) >= 11 is 3.26. The second-order valence-corrected chi connectivity index (χ2v) is 6.21. The molecule has 0 fully saturated rings. The Morgan fingerprint density at radius 1 is 1.00 bits per heavy atom. The predicted octanol–water partition coefficient (Wildman–Crippen LogP) is 5.68. The maximum absolute atomic E-state index is 14.1. The lowest BCUT2D eigenvalue weighted by molar-refractivity contribution is 0.288. The highest BCUT2D eigenvalue weighted by atomic mass is 79.9. The minimum atomic E-state index is -0.338. The van der Waals surface area contributed by atoms with Crippen LogP contribution in [0.3, 0.4) is 0 Å². The number of hydrogen-bond acceptors (Lipinski definition) is 4. The molecule has 130 valence electrons. The number of anilines is 2. The number of fused-ring (bicyclic) bond motifs is 1. The van der Waals surface area contributed by atoms with Crippen molar-refractivity contribution in [3.63, 3.8) is 0 Å². The molecule has 0 aliphatic carbocycles. The van der Waals surface area contributed by atoms with Crippen molar-refractivity contribution in [2.75, 3.05) is 18.5 Å². The highest BCUT2D eigenvalue weighted by Crippen LogP contribution is 2.36. The van der Waals surface area contributed by atoms with Crippen molar-refractivity contribution in [1.82, 2.24) is 4.98 Å². The van der Waals surface area contributed by atoms with Gasteiger partial charge in [-0.15, -0.1) is 0 Å². The van der Waals surface area contributed by atoms with E-state index in [0.717, 1.165) is 16.6 Å². The topological polar surface area (TPSA) is 43.4 Å². The number of halogens is 2. The summed E-state index contributed by atoms with van der Waals surface area (Å²) in [6.07, 6.45) is 1.68. The Hall–Kier alpha value is -2.34. The van der Waals surface area contributed by atoms with E-state index in [0.29, 0.717) is 34.9 Å². The van der Waals surface area contributed by atoms with Crippen LogP contribution < -0.4 is 14.8 Å². The molecule has 0 unspecified atom stereocenters. The molecule has 1 heterocycles. The molecule has 0 atom stereocenters. The molecule has 0 amide bonds. The highest BCUT2D eigenvalue weighted by Gasteiger charge is 2.12. The molecule has 0 aliphatic heterocycles. The largest absolute Gasteiger partial charge is 0.490 e. The number of rotatable bonds is 6. The summed E-state index contributed by atoms with van der Waals surface area (Å²) in [5.41, 5.74) is 1.88. The van der Waals surface area contributed by atoms with E-state index in [1.165, 1.54) is 6.07 Å². The van der Waals surface area contributed by atoms with Crippen molar-refractivity contribution >= 4 is 38.2 Å². The molecule has 0 saturated carbocycles. The zero-order chi connectivity index (χ0) is 17.8. The average molecular weight is 405 g/mol. The fourth-order valence-electron chi connectivity index (χ4n) is 2.54. The summed E-state index contributed by atoms with van der Waals surface area (Å²) in [6.45, 7) is 4.89. The summed E-state index contributed by atoms with van der Waals surface area (Å²) in [5.74, 6) is 0.954. The van der Waals surface area contributed by atoms with Gasteiger partial charge in [0, 0.05) is 27.8 Å². The van der Waals surface area contributed by atoms with Crippen LogP contribution >= 0.6 is 15.9 Å². The van der Waals surface area contributed by atoms with E-state index in [1.54, 1.807) is 24.4 Å². The lowest BCUT2D eigenvalue weighted by atomic mass is 10.1. The number of pyridine rings is 1. The van der Waals surface area contributed by atoms with Crippen LogP contribution in [-0.2, 0) is 0 Å². The number of nitrogens with zero attached hydrogens (tertiary/aromatic N) is 1. The van der Waals surface area contributed by atoms with Crippen LogP contribution in [0.5, 0.6) is 11.5 Å². The van der Waals surface area contributed by atoms with Crippen molar-refractivity contribution in [2.24, 2.45) is 0 Å². The fraction of sp³-hybridized carbons (Fsp3) is 0.211. The first-order chi connectivity index (χ1) is 12.1. The standard InChI is InChI=1S/C19H18BrFN2O2/c1-3-24-18-10-13-15(23-16-6-5-12(20)9-14(16)21)7-8-22-17(13)11-19(18)25-4-2/h5-11H,3-4H2,1-2H3,(H,22,23). The van der Waals surface area contributed by atoms with Crippen LogP contribution in [0.2, 0.25) is 0 Å². The van der Waals surface area contributed by atoms with E-state index >= 15 is 0 Å². The lowest BCUT2D eigenvalue weighted by Gasteiger charge is -2.15. The van der Waals surface area contributed by atoms with Gasteiger partial charge in [0.2, 0.25) is 0 Å². The van der Waals surface area contributed by atoms with Crippen molar-refractivity contribution in [3.8, 4) is 11.5 Å². The number of hydrogen-bond donors (Lipinski definition) is 1. The molecule has 0 radical (unpaired) electrons. The second-order valence-electron chi connectivity index (χ2n) is 5.29. The van der Waals surface area contributed by atoms with Crippen molar-refractivity contribution in [3.05, 3.63) is 52.9 Å². The zero-order valence-electron chi connectivity index (χ0n) is 14.0. The predicted molar refractivity (Wildman–Crippen MR) is 101 cm³/mol. The van der Waals surface area contributed by atoms with Gasteiger partial charge in [-0.25, -0.2) is 4.39 Å². The molecular formula is C19H18BrFN2O2. The first-order valence-electron chi connectivity index (χ1n) is 8.02. The summed E-state index contributed by atoms with van der Waals surface area (Å²) in [4.78, 5) is 4.39. The fourth-order valence-corrected chi connectivity index (χ4v) is 2.87. The van der Waals surface area contributed by atoms with Crippen LogP contribution in [0, 0.1) is 5.82 Å². The highest BCUT2D eigenvalue weighted by molar-refractivity contribution is 9.10. The number of benzene rings is 2. The molecule has 0 aliphatic rings. The lowest BCUT2D eigenvalue weighted by Crippen LogP contribution is -2.00. The van der Waals surface area contributed by atoms with E-state index in [9.17, 15) is 4.39 Å². The third-order valence-corrected chi connectivity index (χ3v) is 4.10. The summed E-state index contributed by atoms with van der Waals surface area (Å²) in [5, 5.41) is 3.96. The van der Waals surface area contributed by atoms with Gasteiger partial charge in [0.1, 0.15) is 5.82 Å². The molecule has 0 spiro atoms. The average Bonchev–Trinajstić information content (AvgIpc) is 2.59. The Morgan fingerprint density at radius 2 is 1.72 bits per heavy atom. The van der Waals surface area contributed by atoms with E-state index in [-0.39, 0.29) is 5.82 Å². The van der Waals surface area contributed by atoms with Gasteiger partial charge >= 0.3 is 0 Å². The smallest absolute Gasteiger partial charge is 0.163 e. The van der Waals surface area contributed by atoms with Crippen LogP contribution in [0.1, 0.15) is 13.8 Å². The molecule has 25 heavy (non-hydrogen) atoms. The monoisotopic (exact) mass is 404 g/mol. The maximum atomic E-state index is 14.1. The summed E-state index contributed by atoms with van der Waals surface area (Å²) < 4.78 is 26.2.